The van der Waals surface area contributed by atoms with E-state index in [1.807, 2.05) is 0 Å². The smallest absolute Gasteiger partial charge is 0.331 e. The number of hydrogen-bond donors (Lipinski definition) is 5. The molecular weight excluding hydrogens is 508 g/mol. The number of esters is 1. The predicted molar refractivity (Wildman–Crippen MR) is 135 cm³/mol. The van der Waals surface area contributed by atoms with Crippen molar-refractivity contribution in [2.75, 3.05) is 6.61 Å². The third kappa shape index (κ3) is 3.78. The van der Waals surface area contributed by atoms with Gasteiger partial charge in [0, 0.05) is 17.9 Å². The molecule has 218 valence electrons. The van der Waals surface area contributed by atoms with E-state index in [1.54, 1.807) is 13.0 Å². The normalized spacial score (nSPS) is 55.2. The number of carbonyl (C=O) groups excluding carboxylic acids is 2. The zero-order valence-electron chi connectivity index (χ0n) is 22.7. The molecule has 0 spiro atoms. The van der Waals surface area contributed by atoms with E-state index in [4.69, 9.17) is 14.2 Å². The molecule has 5 N–H and O–H groups in total. The molecule has 13 atom stereocenters. The zero-order valence-corrected chi connectivity index (χ0v) is 22.7. The van der Waals surface area contributed by atoms with Crippen LogP contribution in [0, 0.1) is 28.6 Å². The first-order valence-corrected chi connectivity index (χ1v) is 14.5. The number of cyclic esters (lactones) is 1. The molecule has 5 fully saturated rings. The summed E-state index contributed by atoms with van der Waals surface area (Å²) in [4.78, 5) is 24.8. The number of hydrogen-bond acceptors (Lipinski definition) is 10. The maximum absolute atomic E-state index is 13.0. The SMILES string of the molecule is C[C@@H]1O[C@@H](O[C@@H]2CC[C@]3(C=O)[C@H]4CC[C@]5(C)[C@@H](C6=CC(=O)OC6)CC[C@@]5(O)[C@@H]4CC[C@]3(O)C2)[C@@H](O)[C@@H](O)[C@@H]1O. The molecule has 2 aliphatic heterocycles. The number of fused-ring (bicyclic) bond motifs is 5. The summed E-state index contributed by atoms with van der Waals surface area (Å²) in [6, 6.07) is 0. The first kappa shape index (κ1) is 27.8. The van der Waals surface area contributed by atoms with Crippen LogP contribution < -0.4 is 0 Å². The molecule has 10 heteroatoms. The Morgan fingerprint density at radius 3 is 2.41 bits per heavy atom. The van der Waals surface area contributed by atoms with Crippen molar-refractivity contribution < 1.29 is 49.3 Å². The monoisotopic (exact) mass is 550 g/mol. The fourth-order valence-corrected chi connectivity index (χ4v) is 9.75. The summed E-state index contributed by atoms with van der Waals surface area (Å²) in [6.45, 7) is 3.98. The molecule has 10 nitrogen and oxygen atoms in total. The van der Waals surface area contributed by atoms with Gasteiger partial charge in [-0.15, -0.1) is 0 Å². The lowest BCUT2D eigenvalue weighted by Gasteiger charge is -2.65. The molecule has 0 radical (unpaired) electrons. The van der Waals surface area contributed by atoms with Crippen molar-refractivity contribution in [3.63, 3.8) is 0 Å². The van der Waals surface area contributed by atoms with Crippen LogP contribution in [0.15, 0.2) is 11.6 Å². The first-order valence-electron chi connectivity index (χ1n) is 14.5. The third-order valence-electron chi connectivity index (χ3n) is 12.0. The van der Waals surface area contributed by atoms with Crippen molar-refractivity contribution in [2.24, 2.45) is 28.6 Å². The molecule has 0 aromatic rings. The fraction of sp³-hybridized carbons (Fsp3) is 0.862. The van der Waals surface area contributed by atoms with Gasteiger partial charge in [-0.1, -0.05) is 6.92 Å². The Hall–Kier alpha value is -1.40. The van der Waals surface area contributed by atoms with Gasteiger partial charge in [-0.05, 0) is 81.6 Å². The molecule has 39 heavy (non-hydrogen) atoms. The Morgan fingerprint density at radius 2 is 1.72 bits per heavy atom. The van der Waals surface area contributed by atoms with E-state index >= 15 is 0 Å². The molecule has 0 unspecified atom stereocenters. The average molecular weight is 551 g/mol. The van der Waals surface area contributed by atoms with Crippen molar-refractivity contribution in [1.29, 1.82) is 0 Å². The maximum Gasteiger partial charge on any atom is 0.331 e. The van der Waals surface area contributed by atoms with Crippen LogP contribution in [0.2, 0.25) is 0 Å². The van der Waals surface area contributed by atoms with E-state index < -0.39 is 58.8 Å². The lowest BCUT2D eigenvalue weighted by molar-refractivity contribution is -0.317. The minimum Gasteiger partial charge on any atom is -0.458 e. The van der Waals surface area contributed by atoms with Crippen molar-refractivity contribution in [3.8, 4) is 0 Å². The van der Waals surface area contributed by atoms with Crippen LogP contribution in [0.1, 0.15) is 71.6 Å². The Bertz CT molecular complexity index is 1050. The second-order valence-corrected chi connectivity index (χ2v) is 13.4. The van der Waals surface area contributed by atoms with Crippen LogP contribution in [0.3, 0.4) is 0 Å². The molecule has 2 heterocycles. The topological polar surface area (TPSA) is 163 Å². The minimum atomic E-state index is -1.43. The van der Waals surface area contributed by atoms with Crippen molar-refractivity contribution in [2.45, 2.75) is 120 Å². The van der Waals surface area contributed by atoms with E-state index in [9.17, 15) is 35.1 Å². The number of rotatable bonds is 4. The first-order chi connectivity index (χ1) is 18.4. The van der Waals surface area contributed by atoms with Crippen molar-refractivity contribution >= 4 is 12.3 Å². The van der Waals surface area contributed by atoms with E-state index in [0.29, 0.717) is 44.9 Å². The summed E-state index contributed by atoms with van der Waals surface area (Å²) in [7, 11) is 0. The van der Waals surface area contributed by atoms with Crippen LogP contribution in [-0.4, -0.2) is 92.4 Å². The maximum atomic E-state index is 13.0. The highest BCUT2D eigenvalue weighted by Crippen LogP contribution is 2.70. The van der Waals surface area contributed by atoms with E-state index in [-0.39, 0.29) is 36.8 Å². The Labute approximate surface area is 228 Å². The fourth-order valence-electron chi connectivity index (χ4n) is 9.75. The molecule has 0 aromatic heterocycles. The third-order valence-corrected chi connectivity index (χ3v) is 12.0. The molecule has 4 aliphatic carbocycles. The van der Waals surface area contributed by atoms with Crippen molar-refractivity contribution in [1.82, 2.24) is 0 Å². The summed E-state index contributed by atoms with van der Waals surface area (Å²) in [5.41, 5.74) is -2.86. The van der Waals surface area contributed by atoms with E-state index in [2.05, 4.69) is 6.92 Å². The molecular formula is C29H42O10. The van der Waals surface area contributed by atoms with Crippen LogP contribution in [0.25, 0.3) is 0 Å². The Balaban J connectivity index is 1.22. The summed E-state index contributed by atoms with van der Waals surface area (Å²) in [5.74, 6) is -0.616. The van der Waals surface area contributed by atoms with E-state index in [0.717, 1.165) is 18.3 Å². The zero-order chi connectivity index (χ0) is 28.0. The van der Waals surface area contributed by atoms with E-state index in [1.165, 1.54) is 0 Å². The standard InChI is InChI=1S/C29H42O10/c1-15-22(32)23(33)24(34)25(38-15)39-17-3-8-27(14-30)19-4-7-26(2)18(16-11-21(31)37-13-16)6-10-29(26,36)20(19)5-9-28(27,35)12-17/h11,14-15,17-20,22-25,32-36H,3-10,12-13H2,1-2H3/t15-,17+,18+,19-,20+,22+,23-,24-,25-,26+,27-,28-,29+/m0/s1. The number of aliphatic hydroxyl groups excluding tert-OH is 3. The summed E-state index contributed by atoms with van der Waals surface area (Å²) in [5, 5.41) is 55.0. The van der Waals surface area contributed by atoms with Gasteiger partial charge in [-0.25, -0.2) is 4.79 Å². The Morgan fingerprint density at radius 1 is 0.974 bits per heavy atom. The number of aliphatic hydroxyl groups is 5. The summed E-state index contributed by atoms with van der Waals surface area (Å²) in [6.07, 6.45) is 0.689. The lowest BCUT2D eigenvalue weighted by Crippen LogP contribution is -2.69. The van der Waals surface area contributed by atoms with Crippen LogP contribution in [0.4, 0.5) is 0 Å². The highest BCUT2D eigenvalue weighted by Gasteiger charge is 2.71. The lowest BCUT2D eigenvalue weighted by atomic mass is 9.41. The van der Waals surface area contributed by atoms with Gasteiger partial charge in [0.1, 0.15) is 31.2 Å². The number of ether oxygens (including phenoxy) is 3. The molecule has 4 saturated carbocycles. The van der Waals surface area contributed by atoms with Gasteiger partial charge in [-0.2, -0.15) is 0 Å². The van der Waals surface area contributed by atoms with Crippen LogP contribution >= 0.6 is 0 Å². The summed E-state index contributed by atoms with van der Waals surface area (Å²) < 4.78 is 16.9. The van der Waals surface area contributed by atoms with Gasteiger partial charge in [0.25, 0.3) is 0 Å². The second kappa shape index (κ2) is 9.31. The van der Waals surface area contributed by atoms with Gasteiger partial charge >= 0.3 is 5.97 Å². The average Bonchev–Trinajstić information content (AvgIpc) is 3.45. The van der Waals surface area contributed by atoms with Gasteiger partial charge in [0.15, 0.2) is 6.29 Å². The largest absolute Gasteiger partial charge is 0.458 e. The van der Waals surface area contributed by atoms with Crippen LogP contribution in [-0.2, 0) is 23.8 Å². The van der Waals surface area contributed by atoms with Gasteiger partial charge in [0.2, 0.25) is 0 Å². The van der Waals surface area contributed by atoms with Gasteiger partial charge in [0.05, 0.1) is 28.8 Å². The molecule has 0 amide bonds. The Kier molecular flexibility index (Phi) is 6.62. The number of carbonyl (C=O) groups is 2. The predicted octanol–water partition coefficient (Wildman–Crippen LogP) is 0.750. The quantitative estimate of drug-likeness (QED) is 0.192. The second-order valence-electron chi connectivity index (χ2n) is 13.4. The molecule has 0 bridgehead atoms. The van der Waals surface area contributed by atoms with Gasteiger partial charge in [-0.3, -0.25) is 0 Å². The molecule has 6 aliphatic rings. The minimum absolute atomic E-state index is 0.0465. The highest BCUT2D eigenvalue weighted by atomic mass is 16.7. The van der Waals surface area contributed by atoms with Gasteiger partial charge < -0.3 is 44.5 Å². The van der Waals surface area contributed by atoms with Crippen molar-refractivity contribution in [3.05, 3.63) is 11.6 Å². The molecule has 6 rings (SSSR count). The number of aldehydes is 1. The molecule has 1 saturated heterocycles. The highest BCUT2D eigenvalue weighted by molar-refractivity contribution is 5.85. The molecule has 0 aromatic carbocycles. The summed E-state index contributed by atoms with van der Waals surface area (Å²) >= 11 is 0. The van der Waals surface area contributed by atoms with Crippen LogP contribution in [0.5, 0.6) is 0 Å².